The predicted octanol–water partition coefficient (Wildman–Crippen LogP) is 2.65. The quantitative estimate of drug-likeness (QED) is 0.845. The van der Waals surface area contributed by atoms with Crippen molar-refractivity contribution in [2.24, 2.45) is 13.0 Å². The smallest absolute Gasteiger partial charge is 0.135 e. The number of aryl methyl sites for hydroxylation is 2. The number of ketones is 1. The highest BCUT2D eigenvalue weighted by atomic mass is 79.9. The molecule has 0 amide bonds. The van der Waals surface area contributed by atoms with Crippen molar-refractivity contribution in [1.29, 1.82) is 0 Å². The number of aromatic nitrogens is 2. The van der Waals surface area contributed by atoms with Gasteiger partial charge >= 0.3 is 0 Å². The number of carbonyl (C=O) groups excluding carboxylic acids is 1. The van der Waals surface area contributed by atoms with Gasteiger partial charge in [-0.05, 0) is 29.3 Å². The fourth-order valence-electron chi connectivity index (χ4n) is 1.48. The number of rotatable bonds is 4. The van der Waals surface area contributed by atoms with Crippen LogP contribution in [0.15, 0.2) is 4.47 Å². The van der Waals surface area contributed by atoms with Gasteiger partial charge in [0.1, 0.15) is 5.78 Å². The Hall–Kier alpha value is -0.640. The number of hydrogen-bond acceptors (Lipinski definition) is 2. The Morgan fingerprint density at radius 2 is 2.13 bits per heavy atom. The van der Waals surface area contributed by atoms with E-state index in [0.717, 1.165) is 22.3 Å². The van der Waals surface area contributed by atoms with Crippen LogP contribution in [0.25, 0.3) is 0 Å². The monoisotopic (exact) mass is 272 g/mol. The van der Waals surface area contributed by atoms with Crippen LogP contribution in [0, 0.1) is 12.8 Å². The molecule has 1 rings (SSSR count). The van der Waals surface area contributed by atoms with Gasteiger partial charge in [-0.15, -0.1) is 0 Å². The van der Waals surface area contributed by atoms with E-state index in [0.29, 0.717) is 12.2 Å². The van der Waals surface area contributed by atoms with Crippen molar-refractivity contribution in [2.75, 3.05) is 0 Å². The topological polar surface area (TPSA) is 34.9 Å². The minimum absolute atomic E-state index is 0.123. The van der Waals surface area contributed by atoms with Crippen molar-refractivity contribution in [2.45, 2.75) is 33.6 Å². The molecule has 0 bridgehead atoms. The SMILES string of the molecule is Cc1nn(C)c(CCC(=O)C(C)C)c1Br. The number of carbonyl (C=O) groups is 1. The molecular weight excluding hydrogens is 256 g/mol. The van der Waals surface area contributed by atoms with Crippen LogP contribution in [0.4, 0.5) is 0 Å². The molecule has 0 aliphatic heterocycles. The standard InChI is InChI=1S/C11H17BrN2O/c1-7(2)10(15)6-5-9-11(12)8(3)13-14(9)4/h7H,5-6H2,1-4H3. The number of hydrogen-bond donors (Lipinski definition) is 0. The zero-order chi connectivity index (χ0) is 11.6. The van der Waals surface area contributed by atoms with Crippen molar-refractivity contribution < 1.29 is 4.79 Å². The van der Waals surface area contributed by atoms with E-state index in [-0.39, 0.29) is 5.92 Å². The summed E-state index contributed by atoms with van der Waals surface area (Å²) in [6, 6.07) is 0. The number of nitrogens with zero attached hydrogens (tertiary/aromatic N) is 2. The molecular formula is C11H17BrN2O. The van der Waals surface area contributed by atoms with Crippen LogP contribution < -0.4 is 0 Å². The van der Waals surface area contributed by atoms with E-state index in [4.69, 9.17) is 0 Å². The Morgan fingerprint density at radius 3 is 2.53 bits per heavy atom. The fourth-order valence-corrected chi connectivity index (χ4v) is 2.02. The Labute approximate surface area is 99.0 Å². The van der Waals surface area contributed by atoms with Crippen molar-refractivity contribution in [3.63, 3.8) is 0 Å². The van der Waals surface area contributed by atoms with Crippen LogP contribution in [-0.2, 0) is 18.3 Å². The summed E-state index contributed by atoms with van der Waals surface area (Å²) < 4.78 is 2.87. The van der Waals surface area contributed by atoms with Gasteiger partial charge in [0.2, 0.25) is 0 Å². The van der Waals surface area contributed by atoms with E-state index >= 15 is 0 Å². The highest BCUT2D eigenvalue weighted by molar-refractivity contribution is 9.10. The Morgan fingerprint density at radius 1 is 1.53 bits per heavy atom. The van der Waals surface area contributed by atoms with Gasteiger partial charge in [-0.25, -0.2) is 0 Å². The molecule has 0 atom stereocenters. The highest BCUT2D eigenvalue weighted by Gasteiger charge is 2.13. The molecule has 4 heteroatoms. The predicted molar refractivity (Wildman–Crippen MR) is 63.8 cm³/mol. The minimum Gasteiger partial charge on any atom is -0.299 e. The van der Waals surface area contributed by atoms with Crippen molar-refractivity contribution in [3.05, 3.63) is 15.9 Å². The molecule has 84 valence electrons. The molecule has 1 heterocycles. The second kappa shape index (κ2) is 4.92. The van der Waals surface area contributed by atoms with E-state index < -0.39 is 0 Å². The van der Waals surface area contributed by atoms with Gasteiger partial charge in [0.15, 0.2) is 0 Å². The second-order valence-corrected chi connectivity index (χ2v) is 4.88. The van der Waals surface area contributed by atoms with Gasteiger partial charge in [0.05, 0.1) is 15.9 Å². The molecule has 0 aliphatic carbocycles. The zero-order valence-corrected chi connectivity index (χ0v) is 11.3. The minimum atomic E-state index is 0.123. The summed E-state index contributed by atoms with van der Waals surface area (Å²) in [6.45, 7) is 5.83. The number of Topliss-reactive ketones (excluding diaryl/α,β-unsaturated/α-hetero) is 1. The van der Waals surface area contributed by atoms with Gasteiger partial charge in [-0.3, -0.25) is 9.48 Å². The summed E-state index contributed by atoms with van der Waals surface area (Å²) >= 11 is 3.49. The van der Waals surface area contributed by atoms with Crippen LogP contribution in [0.5, 0.6) is 0 Å². The summed E-state index contributed by atoms with van der Waals surface area (Å²) in [6.07, 6.45) is 1.35. The first kappa shape index (κ1) is 12.4. The Balaban J connectivity index is 2.69. The summed E-state index contributed by atoms with van der Waals surface area (Å²) in [7, 11) is 1.91. The first-order valence-corrected chi connectivity index (χ1v) is 5.93. The fraction of sp³-hybridized carbons (Fsp3) is 0.636. The van der Waals surface area contributed by atoms with E-state index in [1.807, 2.05) is 32.5 Å². The van der Waals surface area contributed by atoms with E-state index in [9.17, 15) is 4.79 Å². The van der Waals surface area contributed by atoms with Gasteiger partial charge in [0.25, 0.3) is 0 Å². The molecule has 1 aromatic rings. The van der Waals surface area contributed by atoms with Crippen LogP contribution in [0.1, 0.15) is 31.7 Å². The first-order valence-electron chi connectivity index (χ1n) is 5.14. The maximum absolute atomic E-state index is 11.5. The maximum atomic E-state index is 11.5. The molecule has 0 saturated carbocycles. The van der Waals surface area contributed by atoms with Crippen molar-refractivity contribution >= 4 is 21.7 Å². The molecule has 1 aromatic heterocycles. The highest BCUT2D eigenvalue weighted by Crippen LogP contribution is 2.21. The van der Waals surface area contributed by atoms with Crippen LogP contribution >= 0.6 is 15.9 Å². The number of halogens is 1. The third-order valence-electron chi connectivity index (χ3n) is 2.51. The first-order chi connectivity index (χ1) is 6.93. The average Bonchev–Trinajstić information content (AvgIpc) is 2.38. The maximum Gasteiger partial charge on any atom is 0.135 e. The Bertz CT molecular complexity index is 369. The van der Waals surface area contributed by atoms with Crippen LogP contribution in [-0.4, -0.2) is 15.6 Å². The lowest BCUT2D eigenvalue weighted by atomic mass is 10.0. The molecule has 0 fully saturated rings. The van der Waals surface area contributed by atoms with E-state index in [1.165, 1.54) is 0 Å². The third kappa shape index (κ3) is 2.91. The average molecular weight is 273 g/mol. The molecule has 15 heavy (non-hydrogen) atoms. The van der Waals surface area contributed by atoms with Crippen molar-refractivity contribution in [3.8, 4) is 0 Å². The van der Waals surface area contributed by atoms with Crippen LogP contribution in [0.3, 0.4) is 0 Å². The molecule has 0 saturated heterocycles. The lowest BCUT2D eigenvalue weighted by Gasteiger charge is -2.04. The lowest BCUT2D eigenvalue weighted by Crippen LogP contribution is -2.09. The molecule has 0 aromatic carbocycles. The van der Waals surface area contributed by atoms with Gasteiger partial charge in [-0.2, -0.15) is 5.10 Å². The van der Waals surface area contributed by atoms with E-state index in [2.05, 4.69) is 21.0 Å². The summed E-state index contributed by atoms with van der Waals surface area (Å²) in [4.78, 5) is 11.5. The molecule has 0 radical (unpaired) electrons. The Kier molecular flexibility index (Phi) is 4.08. The summed E-state index contributed by atoms with van der Waals surface area (Å²) in [5, 5.41) is 4.29. The normalized spacial score (nSPS) is 11.1. The van der Waals surface area contributed by atoms with E-state index in [1.54, 1.807) is 0 Å². The molecule has 0 spiro atoms. The van der Waals surface area contributed by atoms with Crippen molar-refractivity contribution in [1.82, 2.24) is 9.78 Å². The van der Waals surface area contributed by atoms with Crippen LogP contribution in [0.2, 0.25) is 0 Å². The molecule has 0 unspecified atom stereocenters. The zero-order valence-electron chi connectivity index (χ0n) is 9.67. The molecule has 0 N–H and O–H groups in total. The molecule has 3 nitrogen and oxygen atoms in total. The largest absolute Gasteiger partial charge is 0.299 e. The lowest BCUT2D eigenvalue weighted by molar-refractivity contribution is -0.121. The second-order valence-electron chi connectivity index (χ2n) is 4.09. The third-order valence-corrected chi connectivity index (χ3v) is 3.55. The van der Waals surface area contributed by atoms with Gasteiger partial charge in [0, 0.05) is 19.4 Å². The summed E-state index contributed by atoms with van der Waals surface area (Å²) in [5.41, 5.74) is 2.07. The molecule has 0 aliphatic rings. The summed E-state index contributed by atoms with van der Waals surface area (Å²) in [5.74, 6) is 0.429. The van der Waals surface area contributed by atoms with Gasteiger partial charge < -0.3 is 0 Å². The van der Waals surface area contributed by atoms with Gasteiger partial charge in [-0.1, -0.05) is 13.8 Å².